The lowest BCUT2D eigenvalue weighted by atomic mass is 10.1. The Labute approximate surface area is 65.4 Å². The van der Waals surface area contributed by atoms with Gasteiger partial charge in [-0.3, -0.25) is 5.10 Å². The molecule has 1 heterocycles. The number of nitrogens with one attached hydrogen (secondary N) is 1. The number of aryl methyl sites for hydroxylation is 2. The predicted octanol–water partition coefficient (Wildman–Crippen LogP) is 0.952. The van der Waals surface area contributed by atoms with Crippen LogP contribution in [0.5, 0.6) is 0 Å². The average molecular weight is 152 g/mol. The van der Waals surface area contributed by atoms with E-state index in [0.29, 0.717) is 0 Å². The highest BCUT2D eigenvalue weighted by Crippen LogP contribution is 2.31. The summed E-state index contributed by atoms with van der Waals surface area (Å²) in [6.45, 7) is 2.06. The fourth-order valence-corrected chi connectivity index (χ4v) is 1.71. The van der Waals surface area contributed by atoms with Gasteiger partial charge in [0.1, 0.15) is 0 Å². The third-order valence-electron chi connectivity index (χ3n) is 2.30. The van der Waals surface area contributed by atoms with Crippen molar-refractivity contribution >= 4 is 0 Å². The van der Waals surface area contributed by atoms with Crippen molar-refractivity contribution in [3.05, 3.63) is 17.0 Å². The lowest BCUT2D eigenvalue weighted by Crippen LogP contribution is -1.94. The first-order chi connectivity index (χ1) is 5.33. The first kappa shape index (κ1) is 6.85. The third kappa shape index (κ3) is 0.878. The van der Waals surface area contributed by atoms with Crippen molar-refractivity contribution < 1.29 is 5.11 Å². The summed E-state index contributed by atoms with van der Waals surface area (Å²) in [5, 5.41) is 16.6. The number of aliphatic hydroxyl groups is 1. The van der Waals surface area contributed by atoms with Gasteiger partial charge in [0.05, 0.1) is 11.8 Å². The van der Waals surface area contributed by atoms with Gasteiger partial charge in [-0.1, -0.05) is 6.92 Å². The molecule has 1 atom stereocenters. The van der Waals surface area contributed by atoms with Crippen LogP contribution in [-0.2, 0) is 12.8 Å². The summed E-state index contributed by atoms with van der Waals surface area (Å²) < 4.78 is 0. The zero-order chi connectivity index (χ0) is 7.84. The highest BCUT2D eigenvalue weighted by Gasteiger charge is 2.25. The van der Waals surface area contributed by atoms with Gasteiger partial charge in [0.2, 0.25) is 0 Å². The molecule has 11 heavy (non-hydrogen) atoms. The van der Waals surface area contributed by atoms with Gasteiger partial charge in [-0.2, -0.15) is 5.10 Å². The predicted molar refractivity (Wildman–Crippen MR) is 41.2 cm³/mol. The van der Waals surface area contributed by atoms with Crippen LogP contribution in [0.25, 0.3) is 0 Å². The molecule has 2 rings (SSSR count). The number of hydrogen-bond donors (Lipinski definition) is 2. The van der Waals surface area contributed by atoms with E-state index in [9.17, 15) is 5.11 Å². The molecule has 60 valence electrons. The second-order valence-electron chi connectivity index (χ2n) is 2.97. The molecular weight excluding hydrogens is 140 g/mol. The van der Waals surface area contributed by atoms with Gasteiger partial charge in [0, 0.05) is 11.3 Å². The molecule has 1 aromatic rings. The maximum absolute atomic E-state index is 9.52. The molecule has 1 aliphatic rings. The molecule has 1 unspecified atom stereocenters. The van der Waals surface area contributed by atoms with Crippen LogP contribution in [0.4, 0.5) is 0 Å². The fraction of sp³-hybridized carbons (Fsp3) is 0.625. The van der Waals surface area contributed by atoms with Crippen LogP contribution in [0.1, 0.15) is 36.4 Å². The second-order valence-corrected chi connectivity index (χ2v) is 2.97. The summed E-state index contributed by atoms with van der Waals surface area (Å²) in [7, 11) is 0. The zero-order valence-corrected chi connectivity index (χ0v) is 6.59. The number of H-pyrrole nitrogens is 1. The SMILES string of the molecule is CCc1n[nH]c2c1C(O)CC2. The monoisotopic (exact) mass is 152 g/mol. The molecule has 2 N–H and O–H groups in total. The van der Waals surface area contributed by atoms with Crippen LogP contribution in [0.15, 0.2) is 0 Å². The van der Waals surface area contributed by atoms with Crippen molar-refractivity contribution in [2.45, 2.75) is 32.3 Å². The van der Waals surface area contributed by atoms with Crippen LogP contribution in [-0.4, -0.2) is 15.3 Å². The Kier molecular flexibility index (Phi) is 1.46. The van der Waals surface area contributed by atoms with Gasteiger partial charge >= 0.3 is 0 Å². The molecule has 0 saturated carbocycles. The van der Waals surface area contributed by atoms with Gasteiger partial charge in [-0.15, -0.1) is 0 Å². The van der Waals surface area contributed by atoms with Gasteiger partial charge in [-0.05, 0) is 19.3 Å². The molecule has 1 aromatic heterocycles. The van der Waals surface area contributed by atoms with Crippen molar-refractivity contribution in [2.24, 2.45) is 0 Å². The van der Waals surface area contributed by atoms with Crippen molar-refractivity contribution in [1.82, 2.24) is 10.2 Å². The van der Waals surface area contributed by atoms with Crippen LogP contribution in [0, 0.1) is 0 Å². The van der Waals surface area contributed by atoms with Crippen molar-refractivity contribution in [2.75, 3.05) is 0 Å². The molecule has 0 aliphatic heterocycles. The minimum absolute atomic E-state index is 0.265. The quantitative estimate of drug-likeness (QED) is 0.629. The molecule has 0 aromatic carbocycles. The van der Waals surface area contributed by atoms with E-state index in [-0.39, 0.29) is 6.10 Å². The molecule has 0 fully saturated rings. The Morgan fingerprint density at radius 3 is 3.27 bits per heavy atom. The van der Waals surface area contributed by atoms with Crippen LogP contribution in [0.2, 0.25) is 0 Å². The van der Waals surface area contributed by atoms with Crippen LogP contribution < -0.4 is 0 Å². The van der Waals surface area contributed by atoms with E-state index in [4.69, 9.17) is 0 Å². The third-order valence-corrected chi connectivity index (χ3v) is 2.30. The minimum atomic E-state index is -0.265. The molecule has 0 spiro atoms. The first-order valence-corrected chi connectivity index (χ1v) is 4.07. The number of hydrogen-bond acceptors (Lipinski definition) is 2. The first-order valence-electron chi connectivity index (χ1n) is 4.07. The van der Waals surface area contributed by atoms with E-state index < -0.39 is 0 Å². The molecule has 1 aliphatic carbocycles. The largest absolute Gasteiger partial charge is 0.388 e. The number of aromatic amines is 1. The zero-order valence-electron chi connectivity index (χ0n) is 6.59. The second kappa shape index (κ2) is 2.34. The lowest BCUT2D eigenvalue weighted by Gasteiger charge is -2.00. The van der Waals surface area contributed by atoms with Crippen molar-refractivity contribution in [3.63, 3.8) is 0 Å². The topological polar surface area (TPSA) is 48.9 Å². The number of fused-ring (bicyclic) bond motifs is 1. The smallest absolute Gasteiger partial charge is 0.0829 e. The summed E-state index contributed by atoms with van der Waals surface area (Å²) in [6.07, 6.45) is 2.45. The maximum Gasteiger partial charge on any atom is 0.0829 e. The summed E-state index contributed by atoms with van der Waals surface area (Å²) in [4.78, 5) is 0. The van der Waals surface area contributed by atoms with E-state index in [1.54, 1.807) is 0 Å². The Bertz CT molecular complexity index is 267. The fourth-order valence-electron chi connectivity index (χ4n) is 1.71. The van der Waals surface area contributed by atoms with Crippen LogP contribution >= 0.6 is 0 Å². The average Bonchev–Trinajstić information content (AvgIpc) is 2.54. The molecule has 3 nitrogen and oxygen atoms in total. The summed E-state index contributed by atoms with van der Waals surface area (Å²) in [5.74, 6) is 0. The van der Waals surface area contributed by atoms with Crippen molar-refractivity contribution in [3.8, 4) is 0 Å². The molecular formula is C8H12N2O. The van der Waals surface area contributed by atoms with E-state index >= 15 is 0 Å². The van der Waals surface area contributed by atoms with E-state index in [1.165, 1.54) is 0 Å². The molecule has 0 amide bonds. The Hall–Kier alpha value is -0.830. The molecule has 0 bridgehead atoms. The summed E-state index contributed by atoms with van der Waals surface area (Å²) in [5.41, 5.74) is 3.23. The van der Waals surface area contributed by atoms with Gasteiger partial charge < -0.3 is 5.11 Å². The number of aliphatic hydroxyl groups excluding tert-OH is 1. The summed E-state index contributed by atoms with van der Waals surface area (Å²) >= 11 is 0. The Morgan fingerprint density at radius 2 is 2.55 bits per heavy atom. The van der Waals surface area contributed by atoms with Crippen LogP contribution in [0.3, 0.4) is 0 Å². The Morgan fingerprint density at radius 1 is 1.73 bits per heavy atom. The van der Waals surface area contributed by atoms with Gasteiger partial charge in [0.25, 0.3) is 0 Å². The molecule has 0 radical (unpaired) electrons. The highest BCUT2D eigenvalue weighted by atomic mass is 16.3. The van der Waals surface area contributed by atoms with Gasteiger partial charge in [0.15, 0.2) is 0 Å². The van der Waals surface area contributed by atoms with Crippen molar-refractivity contribution in [1.29, 1.82) is 0 Å². The summed E-state index contributed by atoms with van der Waals surface area (Å²) in [6, 6.07) is 0. The molecule has 3 heteroatoms. The highest BCUT2D eigenvalue weighted by molar-refractivity contribution is 5.31. The number of nitrogens with zero attached hydrogens (tertiary/aromatic N) is 1. The maximum atomic E-state index is 9.52. The number of aromatic nitrogens is 2. The molecule has 0 saturated heterocycles. The van der Waals surface area contributed by atoms with E-state index in [0.717, 1.165) is 36.2 Å². The van der Waals surface area contributed by atoms with Gasteiger partial charge in [-0.25, -0.2) is 0 Å². The Balaban J connectivity index is 2.46. The van der Waals surface area contributed by atoms with E-state index in [2.05, 4.69) is 17.1 Å². The lowest BCUT2D eigenvalue weighted by molar-refractivity contribution is 0.179. The van der Waals surface area contributed by atoms with E-state index in [1.807, 2.05) is 0 Å². The minimum Gasteiger partial charge on any atom is -0.388 e. The normalized spacial score (nSPS) is 22.2. The standard InChI is InChI=1S/C8H12N2O/c1-2-5-8-6(10-9-5)3-4-7(8)11/h7,11H,2-4H2,1H3,(H,9,10). The number of rotatable bonds is 1.